The molecule has 1 aliphatic carbocycles. The molecule has 6 nitrogen and oxygen atoms in total. The zero-order valence-electron chi connectivity index (χ0n) is 75.4. The van der Waals surface area contributed by atoms with Crippen LogP contribution in [0.15, 0.2) is 485 Å². The molecule has 6 heteroatoms. The Kier molecular flexibility index (Phi) is 17.4. The molecule has 0 amide bonds. The lowest BCUT2D eigenvalue weighted by molar-refractivity contribution is 0.660. The molecule has 29 aromatic rings. The SMILES string of the molecule is CC1(C)c2ccccc2-c2ccc(-c3cccc(-n4c5ccccc5c5cc6c7cc8ccccc8cc7n(-c7ccccc7)c6cc54)c3)cc21.c1ccc(-c2c3ccccc3cc3c2c2cc4c5ccccc5n(-c5ccccc5)c4cc2n3-c2ccccc2)cc1.c1ccc(-n2c3cc4c(cc3c3c5ccccc5ccc32)c2ccccc2n4-c2cc3ccccc3c3ccccc23)cc1. The van der Waals surface area contributed by atoms with Crippen molar-refractivity contribution in [2.45, 2.75) is 19.3 Å². The Balaban J connectivity index is 0.000000102. The number of para-hydroxylation sites is 7. The van der Waals surface area contributed by atoms with E-state index in [2.05, 4.69) is 527 Å². The Hall–Kier alpha value is -17.8. The topological polar surface area (TPSA) is 29.6 Å². The predicted octanol–water partition coefficient (Wildman–Crippen LogP) is 35.0. The Morgan fingerprint density at radius 2 is 0.518 bits per heavy atom. The van der Waals surface area contributed by atoms with Gasteiger partial charge in [0.2, 0.25) is 0 Å². The van der Waals surface area contributed by atoms with Crippen molar-refractivity contribution in [1.29, 1.82) is 0 Å². The molecule has 0 atom stereocenters. The number of nitrogens with zero attached hydrogens (tertiary/aromatic N) is 6. The van der Waals surface area contributed by atoms with Crippen molar-refractivity contribution in [1.82, 2.24) is 27.4 Å². The van der Waals surface area contributed by atoms with Gasteiger partial charge in [-0.25, -0.2) is 0 Å². The molecule has 137 heavy (non-hydrogen) atoms. The van der Waals surface area contributed by atoms with Gasteiger partial charge >= 0.3 is 0 Å². The average Bonchev–Trinajstić information content (AvgIpc) is 1.55. The van der Waals surface area contributed by atoms with E-state index in [0.717, 1.165) is 11.4 Å². The number of fused-ring (bicyclic) bond motifs is 28. The molecular weight excluding hydrogens is 1660 g/mol. The zero-order valence-corrected chi connectivity index (χ0v) is 75.4. The van der Waals surface area contributed by atoms with Crippen molar-refractivity contribution in [3.05, 3.63) is 496 Å². The Morgan fingerprint density at radius 1 is 0.153 bits per heavy atom. The van der Waals surface area contributed by atoms with Gasteiger partial charge in [-0.1, -0.05) is 347 Å². The number of hydrogen-bond acceptors (Lipinski definition) is 0. The first kappa shape index (κ1) is 77.9. The highest BCUT2D eigenvalue weighted by Gasteiger charge is 2.36. The fourth-order valence-corrected chi connectivity index (χ4v) is 23.5. The third-order valence-electron chi connectivity index (χ3n) is 29.6. The summed E-state index contributed by atoms with van der Waals surface area (Å²) in [7, 11) is 0. The molecular formula is C131H86N6. The van der Waals surface area contributed by atoms with Crippen LogP contribution in [0.2, 0.25) is 0 Å². The number of rotatable bonds is 8. The van der Waals surface area contributed by atoms with Gasteiger partial charge in [0, 0.05) is 104 Å². The van der Waals surface area contributed by atoms with Gasteiger partial charge in [0.15, 0.2) is 0 Å². The van der Waals surface area contributed by atoms with Crippen molar-refractivity contribution in [2.75, 3.05) is 0 Å². The Labute approximate surface area is 789 Å². The maximum absolute atomic E-state index is 2.49. The van der Waals surface area contributed by atoms with E-state index in [0.29, 0.717) is 0 Å². The fraction of sp³-hybridized carbons (Fsp3) is 0.0229. The van der Waals surface area contributed by atoms with Crippen LogP contribution in [0.1, 0.15) is 25.0 Å². The fourth-order valence-electron chi connectivity index (χ4n) is 23.5. The van der Waals surface area contributed by atoms with Crippen molar-refractivity contribution in [3.63, 3.8) is 0 Å². The van der Waals surface area contributed by atoms with E-state index in [4.69, 9.17) is 0 Å². The maximum atomic E-state index is 2.49. The van der Waals surface area contributed by atoms with Gasteiger partial charge in [0.25, 0.3) is 0 Å². The Bertz CT molecular complexity index is 10100. The second kappa shape index (κ2) is 30.6. The summed E-state index contributed by atoms with van der Waals surface area (Å²) in [6, 6.07) is 178. The first-order valence-electron chi connectivity index (χ1n) is 47.5. The van der Waals surface area contributed by atoms with Gasteiger partial charge in [0.05, 0.1) is 71.9 Å². The molecule has 6 heterocycles. The monoisotopic (exact) mass is 1740 g/mol. The molecule has 6 aromatic heterocycles. The van der Waals surface area contributed by atoms with Crippen LogP contribution in [0.4, 0.5) is 0 Å². The van der Waals surface area contributed by atoms with Crippen molar-refractivity contribution >= 4 is 185 Å². The molecule has 0 unspecified atom stereocenters. The van der Waals surface area contributed by atoms with Crippen LogP contribution in [0.3, 0.4) is 0 Å². The van der Waals surface area contributed by atoms with Crippen LogP contribution in [0.5, 0.6) is 0 Å². The van der Waals surface area contributed by atoms with E-state index >= 15 is 0 Å². The van der Waals surface area contributed by atoms with E-state index in [1.807, 2.05) is 0 Å². The molecule has 0 fully saturated rings. The van der Waals surface area contributed by atoms with Gasteiger partial charge in [-0.05, 0) is 245 Å². The number of hydrogen-bond donors (Lipinski definition) is 0. The quantitative estimate of drug-likeness (QED) is 0.136. The highest BCUT2D eigenvalue weighted by molar-refractivity contribution is 6.29. The summed E-state index contributed by atoms with van der Waals surface area (Å²) < 4.78 is 14.7. The minimum absolute atomic E-state index is 0.0409. The second-order valence-corrected chi connectivity index (χ2v) is 37.3. The average molecular weight is 1740 g/mol. The summed E-state index contributed by atoms with van der Waals surface area (Å²) in [6.45, 7) is 4.71. The molecule has 0 radical (unpaired) electrons. The first-order valence-corrected chi connectivity index (χ1v) is 47.5. The lowest BCUT2D eigenvalue weighted by atomic mass is 9.81. The second-order valence-electron chi connectivity index (χ2n) is 37.3. The van der Waals surface area contributed by atoms with E-state index in [1.165, 1.54) is 252 Å². The predicted molar refractivity (Wildman–Crippen MR) is 581 cm³/mol. The molecule has 30 rings (SSSR count). The van der Waals surface area contributed by atoms with Crippen molar-refractivity contribution < 1.29 is 0 Å². The molecule has 0 bridgehead atoms. The third-order valence-corrected chi connectivity index (χ3v) is 29.6. The molecule has 0 aliphatic heterocycles. The molecule has 640 valence electrons. The zero-order chi connectivity index (χ0) is 90.2. The first-order chi connectivity index (χ1) is 67.8. The van der Waals surface area contributed by atoms with Gasteiger partial charge in [-0.2, -0.15) is 0 Å². The van der Waals surface area contributed by atoms with E-state index in [1.54, 1.807) is 0 Å². The van der Waals surface area contributed by atoms with Crippen molar-refractivity contribution in [2.24, 2.45) is 0 Å². The smallest absolute Gasteiger partial charge is 0.0562 e. The van der Waals surface area contributed by atoms with Crippen LogP contribution in [0, 0.1) is 0 Å². The number of aromatic nitrogens is 6. The minimum atomic E-state index is -0.0409. The number of benzene rings is 23. The van der Waals surface area contributed by atoms with Gasteiger partial charge in [-0.3, -0.25) is 0 Å². The summed E-state index contributed by atoms with van der Waals surface area (Å²) in [6.07, 6.45) is 0. The van der Waals surface area contributed by atoms with Gasteiger partial charge < -0.3 is 27.4 Å². The largest absolute Gasteiger partial charge is 0.309 e. The molecule has 1 aliphatic rings. The summed E-state index contributed by atoms with van der Waals surface area (Å²) in [5, 5.41) is 27.9. The molecule has 0 saturated heterocycles. The standard InChI is InChI=1S/C49H34N2.C42H26N2.C40H26N2/c1-49(2)43-21-10-8-19-37(43)38-24-23-34(27-44(38)49)31-15-12-18-36(25-31)51-45-22-11-9-20-39(45)41-29-42-40-26-32-13-6-7-14-33(32)28-46(40)50(48(42)30-47(41)51)35-16-4-3-5-17-35;1-2-14-29(15-3-1)43-38-23-22-27-12-4-7-17-31(27)42(38)36-25-35-34-20-10-11-21-37(34)44(40(35)26-41(36)43)39-24-28-13-5-6-16-30(28)32-18-8-9-19-33(32)39;1-4-14-27(15-5-1)39-31-21-11-10-16-28(31)24-38-40(39)34-25-33-32-22-12-13-23-35(32)41(29-17-6-2-7-18-29)36(33)26-37(34)42(38)30-19-8-3-9-20-30/h3-30H,1-2H3;1-26H;1-26H. The Morgan fingerprint density at radius 3 is 1.12 bits per heavy atom. The van der Waals surface area contributed by atoms with Crippen LogP contribution < -0.4 is 0 Å². The lowest BCUT2D eigenvalue weighted by Gasteiger charge is -2.22. The molecule has 0 spiro atoms. The van der Waals surface area contributed by atoms with Crippen LogP contribution >= 0.6 is 0 Å². The van der Waals surface area contributed by atoms with E-state index in [-0.39, 0.29) is 5.41 Å². The van der Waals surface area contributed by atoms with Crippen LogP contribution in [-0.4, -0.2) is 27.4 Å². The lowest BCUT2D eigenvalue weighted by Crippen LogP contribution is -2.14. The van der Waals surface area contributed by atoms with Crippen molar-refractivity contribution in [3.8, 4) is 67.5 Å². The maximum Gasteiger partial charge on any atom is 0.0562 e. The van der Waals surface area contributed by atoms with Gasteiger partial charge in [-0.15, -0.1) is 0 Å². The normalized spacial score (nSPS) is 12.5. The molecule has 0 saturated carbocycles. The van der Waals surface area contributed by atoms with E-state index in [9.17, 15) is 0 Å². The highest BCUT2D eigenvalue weighted by atomic mass is 15.0. The van der Waals surface area contributed by atoms with Gasteiger partial charge in [0.1, 0.15) is 0 Å². The summed E-state index contributed by atoms with van der Waals surface area (Å²) in [4.78, 5) is 0. The van der Waals surface area contributed by atoms with E-state index < -0.39 is 0 Å². The van der Waals surface area contributed by atoms with Crippen LogP contribution in [0.25, 0.3) is 252 Å². The minimum Gasteiger partial charge on any atom is -0.309 e. The van der Waals surface area contributed by atoms with Crippen LogP contribution in [-0.2, 0) is 5.41 Å². The molecule has 0 N–H and O–H groups in total. The summed E-state index contributed by atoms with van der Waals surface area (Å²) in [5.41, 5.74) is 32.1. The highest BCUT2D eigenvalue weighted by Crippen LogP contribution is 2.53. The molecule has 23 aromatic carbocycles. The third kappa shape index (κ3) is 12.0. The summed E-state index contributed by atoms with van der Waals surface area (Å²) in [5.74, 6) is 0. The summed E-state index contributed by atoms with van der Waals surface area (Å²) >= 11 is 0.